The Bertz CT molecular complexity index is 804. The van der Waals surface area contributed by atoms with Gasteiger partial charge in [-0.15, -0.1) is 11.3 Å². The van der Waals surface area contributed by atoms with Gasteiger partial charge in [0.15, 0.2) is 0 Å². The Morgan fingerprint density at radius 3 is 2.77 bits per heavy atom. The van der Waals surface area contributed by atoms with Gasteiger partial charge in [-0.2, -0.15) is 0 Å². The third-order valence-corrected chi connectivity index (χ3v) is 5.21. The fraction of sp³-hybridized carbons (Fsp3) is 0.316. The molecule has 2 heterocycles. The van der Waals surface area contributed by atoms with Gasteiger partial charge in [-0.05, 0) is 48.9 Å². The predicted octanol–water partition coefficient (Wildman–Crippen LogP) is 3.17. The van der Waals surface area contributed by atoms with Crippen molar-refractivity contribution in [2.75, 3.05) is 19.0 Å². The zero-order chi connectivity index (χ0) is 18.5. The van der Waals surface area contributed by atoms with Crippen LogP contribution in [-0.2, 0) is 9.53 Å². The smallest absolute Gasteiger partial charge is 0.337 e. The molecule has 0 unspecified atom stereocenters. The van der Waals surface area contributed by atoms with Gasteiger partial charge in [-0.25, -0.2) is 4.79 Å². The molecule has 1 saturated heterocycles. The Labute approximate surface area is 155 Å². The van der Waals surface area contributed by atoms with Gasteiger partial charge >= 0.3 is 5.97 Å². The Morgan fingerprint density at radius 2 is 2.04 bits per heavy atom. The van der Waals surface area contributed by atoms with Crippen LogP contribution in [-0.4, -0.2) is 42.4 Å². The van der Waals surface area contributed by atoms with Crippen LogP contribution in [0.3, 0.4) is 0 Å². The molecule has 6 nitrogen and oxygen atoms in total. The zero-order valence-electron chi connectivity index (χ0n) is 14.4. The number of hydrogen-bond donors (Lipinski definition) is 1. The lowest BCUT2D eigenvalue weighted by molar-refractivity contribution is -0.121. The van der Waals surface area contributed by atoms with E-state index in [-0.39, 0.29) is 11.8 Å². The molecular formula is C19H20N2O4S. The Kier molecular flexibility index (Phi) is 5.68. The minimum Gasteiger partial charge on any atom is -0.465 e. The molecule has 1 aromatic carbocycles. The first-order valence-corrected chi connectivity index (χ1v) is 9.32. The van der Waals surface area contributed by atoms with Crippen LogP contribution in [0.1, 0.15) is 39.3 Å². The summed E-state index contributed by atoms with van der Waals surface area (Å²) in [6, 6.07) is 9.66. The van der Waals surface area contributed by atoms with E-state index in [0.717, 1.165) is 12.8 Å². The highest BCUT2D eigenvalue weighted by atomic mass is 32.1. The Morgan fingerprint density at radius 1 is 1.19 bits per heavy atom. The van der Waals surface area contributed by atoms with Crippen molar-refractivity contribution < 1.29 is 19.1 Å². The summed E-state index contributed by atoms with van der Waals surface area (Å²) >= 11 is 1.38. The number of methoxy groups -OCH3 is 1. The van der Waals surface area contributed by atoms with Gasteiger partial charge in [-0.1, -0.05) is 12.1 Å². The average Bonchev–Trinajstić information content (AvgIpc) is 3.21. The number of piperidine rings is 1. The fourth-order valence-corrected chi connectivity index (χ4v) is 3.74. The number of likely N-dealkylation sites (tertiary alicyclic amines) is 1. The molecule has 1 aliphatic heterocycles. The number of amides is 2. The van der Waals surface area contributed by atoms with Crippen molar-refractivity contribution in [3.63, 3.8) is 0 Å². The minimum atomic E-state index is -0.514. The second-order valence-corrected chi connectivity index (χ2v) is 7.00. The summed E-state index contributed by atoms with van der Waals surface area (Å²) in [4.78, 5) is 39.4. The van der Waals surface area contributed by atoms with E-state index in [1.54, 1.807) is 35.2 Å². The topological polar surface area (TPSA) is 75.7 Å². The first kappa shape index (κ1) is 18.1. The van der Waals surface area contributed by atoms with E-state index >= 15 is 0 Å². The number of esters is 1. The molecule has 0 spiro atoms. The monoisotopic (exact) mass is 372 g/mol. The van der Waals surface area contributed by atoms with E-state index in [1.807, 2.05) is 11.4 Å². The molecule has 1 aromatic heterocycles. The van der Waals surface area contributed by atoms with E-state index in [0.29, 0.717) is 29.1 Å². The van der Waals surface area contributed by atoms with Crippen LogP contribution in [0.5, 0.6) is 0 Å². The molecule has 0 saturated carbocycles. The Balaban J connectivity index is 1.75. The van der Waals surface area contributed by atoms with Gasteiger partial charge in [0.2, 0.25) is 5.91 Å². The molecule has 1 atom stereocenters. The maximum absolute atomic E-state index is 12.8. The molecule has 7 heteroatoms. The highest BCUT2D eigenvalue weighted by Crippen LogP contribution is 2.23. The summed E-state index contributed by atoms with van der Waals surface area (Å²) in [6.07, 6.45) is 2.41. The van der Waals surface area contributed by atoms with E-state index < -0.39 is 12.0 Å². The van der Waals surface area contributed by atoms with Crippen molar-refractivity contribution in [1.82, 2.24) is 4.90 Å². The second kappa shape index (κ2) is 8.14. The standard InChI is InChI=1S/C19H20N2O4S/c1-25-19(24)13-6-4-7-14(12-13)20-17(22)15-8-2-3-10-21(15)18(23)16-9-5-11-26-16/h4-7,9,11-12,15H,2-3,8,10H2,1H3,(H,20,22)/t15-/m0/s1. The molecule has 136 valence electrons. The van der Waals surface area contributed by atoms with Crippen LogP contribution in [0.4, 0.5) is 5.69 Å². The molecular weight excluding hydrogens is 352 g/mol. The van der Waals surface area contributed by atoms with E-state index in [1.165, 1.54) is 18.4 Å². The number of thiophene rings is 1. The zero-order valence-corrected chi connectivity index (χ0v) is 15.3. The summed E-state index contributed by atoms with van der Waals surface area (Å²) < 4.78 is 4.70. The molecule has 0 radical (unpaired) electrons. The molecule has 1 aliphatic rings. The lowest BCUT2D eigenvalue weighted by atomic mass is 10.0. The minimum absolute atomic E-state index is 0.108. The quantitative estimate of drug-likeness (QED) is 0.837. The fourth-order valence-electron chi connectivity index (χ4n) is 3.06. The number of carbonyl (C=O) groups excluding carboxylic acids is 3. The average molecular weight is 372 g/mol. The van der Waals surface area contributed by atoms with Crippen molar-refractivity contribution in [3.05, 3.63) is 52.2 Å². The summed E-state index contributed by atoms with van der Waals surface area (Å²) in [6.45, 7) is 0.566. The summed E-state index contributed by atoms with van der Waals surface area (Å²) in [5.41, 5.74) is 0.868. The molecule has 1 N–H and O–H groups in total. The number of ether oxygens (including phenoxy) is 1. The van der Waals surface area contributed by atoms with Crippen LogP contribution in [0.25, 0.3) is 0 Å². The van der Waals surface area contributed by atoms with Crippen molar-refractivity contribution in [2.24, 2.45) is 0 Å². The number of nitrogens with one attached hydrogen (secondary N) is 1. The highest BCUT2D eigenvalue weighted by molar-refractivity contribution is 7.12. The van der Waals surface area contributed by atoms with Crippen molar-refractivity contribution in [2.45, 2.75) is 25.3 Å². The first-order valence-electron chi connectivity index (χ1n) is 8.44. The molecule has 2 amide bonds. The third-order valence-electron chi connectivity index (χ3n) is 4.35. The SMILES string of the molecule is COC(=O)c1cccc(NC(=O)[C@@H]2CCCCN2C(=O)c2cccs2)c1. The third kappa shape index (κ3) is 3.94. The number of rotatable bonds is 4. The Hall–Kier alpha value is -2.67. The van der Waals surface area contributed by atoms with Crippen LogP contribution < -0.4 is 5.32 Å². The van der Waals surface area contributed by atoms with Gasteiger partial charge < -0.3 is 15.0 Å². The summed E-state index contributed by atoms with van der Waals surface area (Å²) in [7, 11) is 1.31. The first-order chi connectivity index (χ1) is 12.6. The van der Waals surface area contributed by atoms with Crippen molar-refractivity contribution in [1.29, 1.82) is 0 Å². The van der Waals surface area contributed by atoms with Crippen molar-refractivity contribution >= 4 is 34.8 Å². The van der Waals surface area contributed by atoms with E-state index in [9.17, 15) is 14.4 Å². The maximum Gasteiger partial charge on any atom is 0.337 e. The normalized spacial score (nSPS) is 16.8. The summed E-state index contributed by atoms with van der Waals surface area (Å²) in [5.74, 6) is -0.812. The lowest BCUT2D eigenvalue weighted by Gasteiger charge is -2.34. The predicted molar refractivity (Wildman–Crippen MR) is 99.4 cm³/mol. The maximum atomic E-state index is 12.8. The largest absolute Gasteiger partial charge is 0.465 e. The van der Waals surface area contributed by atoms with E-state index in [4.69, 9.17) is 4.74 Å². The lowest BCUT2D eigenvalue weighted by Crippen LogP contribution is -2.49. The second-order valence-electron chi connectivity index (χ2n) is 6.05. The number of carbonyl (C=O) groups is 3. The van der Waals surface area contributed by atoms with Gasteiger partial charge in [0.1, 0.15) is 6.04 Å². The number of benzene rings is 1. The molecule has 0 aliphatic carbocycles. The van der Waals surface area contributed by atoms with Gasteiger partial charge in [-0.3, -0.25) is 9.59 Å². The van der Waals surface area contributed by atoms with Gasteiger partial charge in [0, 0.05) is 12.2 Å². The number of nitrogens with zero attached hydrogens (tertiary/aromatic N) is 1. The van der Waals surface area contributed by atoms with E-state index in [2.05, 4.69) is 5.32 Å². The van der Waals surface area contributed by atoms with Crippen LogP contribution in [0, 0.1) is 0 Å². The van der Waals surface area contributed by atoms with Crippen LogP contribution in [0.15, 0.2) is 41.8 Å². The van der Waals surface area contributed by atoms with Crippen molar-refractivity contribution in [3.8, 4) is 0 Å². The number of anilines is 1. The van der Waals surface area contributed by atoms with Gasteiger partial charge in [0.25, 0.3) is 5.91 Å². The molecule has 3 rings (SSSR count). The molecule has 0 bridgehead atoms. The molecule has 26 heavy (non-hydrogen) atoms. The number of hydrogen-bond acceptors (Lipinski definition) is 5. The molecule has 2 aromatic rings. The summed E-state index contributed by atoms with van der Waals surface area (Å²) in [5, 5.41) is 4.68. The highest BCUT2D eigenvalue weighted by Gasteiger charge is 2.33. The van der Waals surface area contributed by atoms with Crippen LogP contribution >= 0.6 is 11.3 Å². The van der Waals surface area contributed by atoms with Crippen LogP contribution in [0.2, 0.25) is 0 Å². The molecule has 1 fully saturated rings. The van der Waals surface area contributed by atoms with Gasteiger partial charge in [0.05, 0.1) is 17.6 Å².